The van der Waals surface area contributed by atoms with Gasteiger partial charge in [0.25, 0.3) is 0 Å². The highest BCUT2D eigenvalue weighted by Gasteiger charge is 2.30. The van der Waals surface area contributed by atoms with Gasteiger partial charge in [0, 0.05) is 18.6 Å². The first-order valence-corrected chi connectivity index (χ1v) is 6.90. The molecule has 2 N–H and O–H groups in total. The summed E-state index contributed by atoms with van der Waals surface area (Å²) in [5.41, 5.74) is 7.52. The molecule has 0 aliphatic heterocycles. The van der Waals surface area contributed by atoms with Gasteiger partial charge in [-0.3, -0.25) is 4.90 Å². The molecule has 100 valence electrons. The highest BCUT2D eigenvalue weighted by molar-refractivity contribution is 5.19. The molecule has 3 heteroatoms. The zero-order valence-electron chi connectivity index (χ0n) is 11.0. The van der Waals surface area contributed by atoms with Crippen LogP contribution in [-0.2, 0) is 6.54 Å². The predicted octanol–water partition coefficient (Wildman–Crippen LogP) is 2.94. The van der Waals surface area contributed by atoms with Crippen molar-refractivity contribution >= 4 is 0 Å². The number of rotatable bonds is 6. The van der Waals surface area contributed by atoms with E-state index < -0.39 is 0 Å². The molecule has 1 aromatic carbocycles. The summed E-state index contributed by atoms with van der Waals surface area (Å²) in [6, 6.07) is 15.0. The van der Waals surface area contributed by atoms with Crippen LogP contribution in [0.1, 0.15) is 30.2 Å². The van der Waals surface area contributed by atoms with E-state index in [1.54, 1.807) is 6.26 Å². The summed E-state index contributed by atoms with van der Waals surface area (Å²) in [6.07, 6.45) is 4.29. The Morgan fingerprint density at radius 2 is 1.95 bits per heavy atom. The lowest BCUT2D eigenvalue weighted by molar-refractivity contribution is 0.220. The van der Waals surface area contributed by atoms with Gasteiger partial charge in [-0.1, -0.05) is 30.3 Å². The molecule has 0 bridgehead atoms. The van der Waals surface area contributed by atoms with Crippen LogP contribution in [0.2, 0.25) is 0 Å². The quantitative estimate of drug-likeness (QED) is 0.864. The summed E-state index contributed by atoms with van der Waals surface area (Å²) < 4.78 is 5.45. The van der Waals surface area contributed by atoms with Gasteiger partial charge < -0.3 is 10.2 Å². The zero-order valence-corrected chi connectivity index (χ0v) is 11.0. The Balaban J connectivity index is 1.65. The van der Waals surface area contributed by atoms with Crippen molar-refractivity contribution in [2.45, 2.75) is 31.5 Å². The van der Waals surface area contributed by atoms with Crippen molar-refractivity contribution in [2.24, 2.45) is 5.73 Å². The van der Waals surface area contributed by atoms with Crippen LogP contribution in [0.15, 0.2) is 53.1 Å². The molecule has 0 spiro atoms. The van der Waals surface area contributed by atoms with E-state index in [0.717, 1.165) is 18.8 Å². The minimum absolute atomic E-state index is 0.0664. The van der Waals surface area contributed by atoms with Gasteiger partial charge in [0.05, 0.1) is 12.8 Å². The maximum atomic E-state index is 6.32. The molecule has 3 rings (SSSR count). The van der Waals surface area contributed by atoms with Crippen LogP contribution in [0.5, 0.6) is 0 Å². The van der Waals surface area contributed by atoms with Gasteiger partial charge in [0.1, 0.15) is 5.76 Å². The van der Waals surface area contributed by atoms with Crippen molar-refractivity contribution in [3.05, 3.63) is 60.1 Å². The molecule has 0 radical (unpaired) electrons. The molecule has 1 aliphatic carbocycles. The highest BCUT2D eigenvalue weighted by Crippen LogP contribution is 2.29. The molecule has 0 amide bonds. The first kappa shape index (κ1) is 12.5. The molecule has 3 nitrogen and oxygen atoms in total. The van der Waals surface area contributed by atoms with Crippen LogP contribution in [0.25, 0.3) is 0 Å². The number of furan rings is 1. The zero-order chi connectivity index (χ0) is 13.1. The van der Waals surface area contributed by atoms with Crippen LogP contribution in [0.3, 0.4) is 0 Å². The Hall–Kier alpha value is -1.58. The van der Waals surface area contributed by atoms with Gasteiger partial charge in [-0.05, 0) is 30.5 Å². The third-order valence-electron chi connectivity index (χ3n) is 3.66. The number of nitrogens with zero attached hydrogens (tertiary/aromatic N) is 1. The van der Waals surface area contributed by atoms with E-state index in [1.165, 1.54) is 18.4 Å². The molecule has 1 unspecified atom stereocenters. The molecule has 1 aromatic heterocycles. The average molecular weight is 256 g/mol. The van der Waals surface area contributed by atoms with Crippen molar-refractivity contribution in [1.29, 1.82) is 0 Å². The molecule has 0 saturated heterocycles. The van der Waals surface area contributed by atoms with Crippen molar-refractivity contribution in [3.8, 4) is 0 Å². The number of benzene rings is 1. The van der Waals surface area contributed by atoms with E-state index in [0.29, 0.717) is 6.04 Å². The highest BCUT2D eigenvalue weighted by atomic mass is 16.3. The van der Waals surface area contributed by atoms with Crippen LogP contribution in [0, 0.1) is 0 Å². The number of hydrogen-bond acceptors (Lipinski definition) is 3. The minimum atomic E-state index is 0.0664. The Morgan fingerprint density at radius 1 is 1.16 bits per heavy atom. The maximum absolute atomic E-state index is 6.32. The second-order valence-corrected chi connectivity index (χ2v) is 5.26. The number of hydrogen-bond donors (Lipinski definition) is 1. The molecular weight excluding hydrogens is 236 g/mol. The fourth-order valence-corrected chi connectivity index (χ4v) is 2.44. The summed E-state index contributed by atoms with van der Waals surface area (Å²) in [5, 5.41) is 0. The molecule has 1 aliphatic rings. The monoisotopic (exact) mass is 256 g/mol. The van der Waals surface area contributed by atoms with Gasteiger partial charge in [-0.25, -0.2) is 0 Å². The lowest BCUT2D eigenvalue weighted by atomic mass is 10.1. The lowest BCUT2D eigenvalue weighted by Crippen LogP contribution is -2.33. The summed E-state index contributed by atoms with van der Waals surface area (Å²) in [6.45, 7) is 1.74. The molecule has 2 aromatic rings. The fourth-order valence-electron chi connectivity index (χ4n) is 2.44. The fraction of sp³-hybridized carbons (Fsp3) is 0.375. The Labute approximate surface area is 114 Å². The third-order valence-corrected chi connectivity index (χ3v) is 3.66. The Kier molecular flexibility index (Phi) is 3.67. The molecule has 19 heavy (non-hydrogen) atoms. The van der Waals surface area contributed by atoms with E-state index in [2.05, 4.69) is 17.0 Å². The SMILES string of the molecule is NC(CN(Cc1ccco1)C1CC1)c1ccccc1. The molecular formula is C16H20N2O. The Bertz CT molecular complexity index is 491. The van der Waals surface area contributed by atoms with E-state index in [9.17, 15) is 0 Å². The second-order valence-electron chi connectivity index (χ2n) is 5.26. The van der Waals surface area contributed by atoms with Crippen LogP contribution >= 0.6 is 0 Å². The van der Waals surface area contributed by atoms with Crippen molar-refractivity contribution < 1.29 is 4.42 Å². The van der Waals surface area contributed by atoms with Crippen LogP contribution in [0.4, 0.5) is 0 Å². The largest absolute Gasteiger partial charge is 0.468 e. The Morgan fingerprint density at radius 3 is 2.58 bits per heavy atom. The summed E-state index contributed by atoms with van der Waals surface area (Å²) in [5.74, 6) is 1.02. The molecule has 1 heterocycles. The topological polar surface area (TPSA) is 42.4 Å². The standard InChI is InChI=1S/C16H20N2O/c17-16(13-5-2-1-3-6-13)12-18(14-8-9-14)11-15-7-4-10-19-15/h1-7,10,14,16H,8-9,11-12,17H2. The first-order chi connectivity index (χ1) is 9.33. The van der Waals surface area contributed by atoms with E-state index in [-0.39, 0.29) is 6.04 Å². The van der Waals surface area contributed by atoms with Gasteiger partial charge in [-0.2, -0.15) is 0 Å². The second kappa shape index (κ2) is 5.59. The molecule has 1 saturated carbocycles. The van der Waals surface area contributed by atoms with E-state index >= 15 is 0 Å². The van der Waals surface area contributed by atoms with Gasteiger partial charge in [0.2, 0.25) is 0 Å². The van der Waals surface area contributed by atoms with Gasteiger partial charge in [-0.15, -0.1) is 0 Å². The van der Waals surface area contributed by atoms with Gasteiger partial charge >= 0.3 is 0 Å². The van der Waals surface area contributed by atoms with Crippen LogP contribution in [-0.4, -0.2) is 17.5 Å². The smallest absolute Gasteiger partial charge is 0.117 e. The number of nitrogens with two attached hydrogens (primary N) is 1. The normalized spacial score (nSPS) is 16.7. The van der Waals surface area contributed by atoms with E-state index in [1.807, 2.05) is 30.3 Å². The predicted molar refractivity (Wildman–Crippen MR) is 75.5 cm³/mol. The van der Waals surface area contributed by atoms with Gasteiger partial charge in [0.15, 0.2) is 0 Å². The van der Waals surface area contributed by atoms with E-state index in [4.69, 9.17) is 10.2 Å². The van der Waals surface area contributed by atoms with Crippen molar-refractivity contribution in [1.82, 2.24) is 4.90 Å². The maximum Gasteiger partial charge on any atom is 0.117 e. The summed E-state index contributed by atoms with van der Waals surface area (Å²) in [4.78, 5) is 2.44. The molecule has 1 fully saturated rings. The first-order valence-electron chi connectivity index (χ1n) is 6.90. The summed E-state index contributed by atoms with van der Waals surface area (Å²) in [7, 11) is 0. The van der Waals surface area contributed by atoms with Crippen molar-refractivity contribution in [3.63, 3.8) is 0 Å². The lowest BCUT2D eigenvalue weighted by Gasteiger charge is -2.24. The molecule has 1 atom stereocenters. The third kappa shape index (κ3) is 3.25. The van der Waals surface area contributed by atoms with Crippen LogP contribution < -0.4 is 5.73 Å². The summed E-state index contributed by atoms with van der Waals surface area (Å²) >= 11 is 0. The van der Waals surface area contributed by atoms with Crippen molar-refractivity contribution in [2.75, 3.05) is 6.54 Å². The minimum Gasteiger partial charge on any atom is -0.468 e. The average Bonchev–Trinajstić information content (AvgIpc) is 3.17.